The monoisotopic (exact) mass is 282 g/mol. The summed E-state index contributed by atoms with van der Waals surface area (Å²) >= 11 is 5.62. The summed E-state index contributed by atoms with van der Waals surface area (Å²) in [5.74, 6) is 0.629. The number of carbonyl (C=O) groups excluding carboxylic acids is 1. The lowest BCUT2D eigenvalue weighted by atomic mass is 9.99. The van der Waals surface area contributed by atoms with Crippen LogP contribution < -0.4 is 5.32 Å². The van der Waals surface area contributed by atoms with Gasteiger partial charge in [0.2, 0.25) is 0 Å². The summed E-state index contributed by atoms with van der Waals surface area (Å²) < 4.78 is 0. The van der Waals surface area contributed by atoms with E-state index in [1.165, 1.54) is 25.2 Å². The number of piperidine rings is 1. The molecule has 1 aromatic rings. The van der Waals surface area contributed by atoms with Crippen molar-refractivity contribution in [3.05, 3.63) is 23.2 Å². The zero-order valence-electron chi connectivity index (χ0n) is 11.1. The minimum Gasteiger partial charge on any atom is -0.349 e. The highest BCUT2D eigenvalue weighted by Gasteiger charge is 2.15. The predicted molar refractivity (Wildman–Crippen MR) is 74.2 cm³/mol. The number of hydrogen-bond donors (Lipinski definition) is 1. The maximum Gasteiger partial charge on any atom is 0.271 e. The van der Waals surface area contributed by atoms with Crippen LogP contribution in [-0.4, -0.2) is 47.0 Å². The van der Waals surface area contributed by atoms with Gasteiger partial charge in [0.1, 0.15) is 10.8 Å². The fourth-order valence-corrected chi connectivity index (χ4v) is 2.23. The average molecular weight is 283 g/mol. The van der Waals surface area contributed by atoms with Crippen LogP contribution in [-0.2, 0) is 0 Å². The molecule has 0 atom stereocenters. The number of amides is 1. The predicted octanol–water partition coefficient (Wildman–Crippen LogP) is 1.59. The summed E-state index contributed by atoms with van der Waals surface area (Å²) in [6.45, 7) is 6.06. The Morgan fingerprint density at radius 2 is 2.16 bits per heavy atom. The van der Waals surface area contributed by atoms with Gasteiger partial charge in [0.25, 0.3) is 5.91 Å². The van der Waals surface area contributed by atoms with Gasteiger partial charge in [-0.05, 0) is 31.8 Å². The lowest BCUT2D eigenvalue weighted by Crippen LogP contribution is -2.39. The third-order valence-corrected chi connectivity index (χ3v) is 3.64. The van der Waals surface area contributed by atoms with Gasteiger partial charge < -0.3 is 10.2 Å². The molecule has 0 bridgehead atoms. The van der Waals surface area contributed by atoms with Gasteiger partial charge in [-0.1, -0.05) is 18.5 Å². The smallest absolute Gasteiger partial charge is 0.271 e. The van der Waals surface area contributed by atoms with Crippen molar-refractivity contribution in [2.45, 2.75) is 19.8 Å². The third kappa shape index (κ3) is 4.44. The number of nitrogens with one attached hydrogen (secondary N) is 1. The van der Waals surface area contributed by atoms with Crippen molar-refractivity contribution in [1.82, 2.24) is 20.2 Å². The van der Waals surface area contributed by atoms with Crippen molar-refractivity contribution in [1.29, 1.82) is 0 Å². The molecular weight excluding hydrogens is 264 g/mol. The summed E-state index contributed by atoms with van der Waals surface area (Å²) in [5, 5.41) is 3.14. The molecule has 0 saturated carbocycles. The van der Waals surface area contributed by atoms with Crippen molar-refractivity contribution in [2.75, 3.05) is 26.2 Å². The second-order valence-corrected chi connectivity index (χ2v) is 5.39. The van der Waals surface area contributed by atoms with Crippen LogP contribution in [0.5, 0.6) is 0 Å². The largest absolute Gasteiger partial charge is 0.349 e. The highest BCUT2D eigenvalue weighted by molar-refractivity contribution is 6.29. The lowest BCUT2D eigenvalue weighted by molar-refractivity contribution is 0.0939. The Balaban J connectivity index is 1.70. The van der Waals surface area contributed by atoms with Crippen LogP contribution in [0.4, 0.5) is 0 Å². The van der Waals surface area contributed by atoms with E-state index in [1.807, 2.05) is 0 Å². The van der Waals surface area contributed by atoms with E-state index in [0.717, 1.165) is 25.6 Å². The Hall–Kier alpha value is -1.20. The molecule has 1 aliphatic rings. The highest BCUT2D eigenvalue weighted by atomic mass is 35.5. The molecule has 0 aliphatic carbocycles. The number of carbonyl (C=O) groups is 1. The Kier molecular flexibility index (Phi) is 5.10. The van der Waals surface area contributed by atoms with Gasteiger partial charge in [-0.2, -0.15) is 0 Å². The van der Waals surface area contributed by atoms with Crippen LogP contribution in [0.25, 0.3) is 0 Å². The Bertz CT molecular complexity index is 415. The number of aromatic nitrogens is 2. The molecule has 1 fully saturated rings. The van der Waals surface area contributed by atoms with Gasteiger partial charge in [0.05, 0.1) is 12.4 Å². The first-order valence-electron chi connectivity index (χ1n) is 6.63. The van der Waals surface area contributed by atoms with Gasteiger partial charge in [-0.25, -0.2) is 9.97 Å². The van der Waals surface area contributed by atoms with Crippen molar-refractivity contribution in [2.24, 2.45) is 5.92 Å². The van der Waals surface area contributed by atoms with Crippen molar-refractivity contribution >= 4 is 17.5 Å². The van der Waals surface area contributed by atoms with Gasteiger partial charge >= 0.3 is 0 Å². The molecule has 0 aromatic carbocycles. The number of likely N-dealkylation sites (tertiary alicyclic amines) is 1. The van der Waals surface area contributed by atoms with Crippen LogP contribution in [0, 0.1) is 5.92 Å². The van der Waals surface area contributed by atoms with Gasteiger partial charge in [-0.3, -0.25) is 4.79 Å². The van der Waals surface area contributed by atoms with Crippen LogP contribution in [0.3, 0.4) is 0 Å². The molecule has 2 heterocycles. The summed E-state index contributed by atoms with van der Waals surface area (Å²) in [6.07, 6.45) is 5.26. The first-order valence-corrected chi connectivity index (χ1v) is 7.01. The van der Waals surface area contributed by atoms with Crippen molar-refractivity contribution in [3.8, 4) is 0 Å². The Morgan fingerprint density at radius 3 is 2.79 bits per heavy atom. The number of halogens is 1. The van der Waals surface area contributed by atoms with E-state index < -0.39 is 0 Å². The molecular formula is C13H19ClN4O. The number of nitrogens with zero attached hydrogens (tertiary/aromatic N) is 3. The molecule has 1 amide bonds. The van der Waals surface area contributed by atoms with Gasteiger partial charge in [0.15, 0.2) is 0 Å². The minimum atomic E-state index is -0.199. The summed E-state index contributed by atoms with van der Waals surface area (Å²) in [5.41, 5.74) is 0.302. The molecule has 0 radical (unpaired) electrons. The zero-order chi connectivity index (χ0) is 13.7. The fourth-order valence-electron chi connectivity index (χ4n) is 2.13. The quantitative estimate of drug-likeness (QED) is 0.911. The normalized spacial score (nSPS) is 17.4. The van der Waals surface area contributed by atoms with Crippen LogP contribution in [0.2, 0.25) is 5.15 Å². The van der Waals surface area contributed by atoms with E-state index in [2.05, 4.69) is 27.1 Å². The summed E-state index contributed by atoms with van der Waals surface area (Å²) in [6, 6.07) is 0. The summed E-state index contributed by atoms with van der Waals surface area (Å²) in [7, 11) is 0. The lowest BCUT2D eigenvalue weighted by Gasteiger charge is -2.30. The number of rotatable bonds is 4. The average Bonchev–Trinajstić information content (AvgIpc) is 2.41. The minimum absolute atomic E-state index is 0.199. The molecule has 1 N–H and O–H groups in total. The topological polar surface area (TPSA) is 58.1 Å². The summed E-state index contributed by atoms with van der Waals surface area (Å²) in [4.78, 5) is 21.9. The molecule has 5 nitrogen and oxygen atoms in total. The van der Waals surface area contributed by atoms with E-state index in [4.69, 9.17) is 11.6 Å². The molecule has 19 heavy (non-hydrogen) atoms. The molecule has 104 valence electrons. The Labute approximate surface area is 118 Å². The third-order valence-electron chi connectivity index (χ3n) is 3.44. The second kappa shape index (κ2) is 6.82. The maximum atomic E-state index is 11.8. The zero-order valence-corrected chi connectivity index (χ0v) is 11.9. The van der Waals surface area contributed by atoms with E-state index >= 15 is 0 Å². The second-order valence-electron chi connectivity index (χ2n) is 5.00. The van der Waals surface area contributed by atoms with Crippen molar-refractivity contribution in [3.63, 3.8) is 0 Å². The molecule has 2 rings (SSSR count). The molecule has 0 unspecified atom stereocenters. The highest BCUT2D eigenvalue weighted by Crippen LogP contribution is 2.15. The standard InChI is InChI=1S/C13H19ClN4O/c1-10-2-5-18(6-3-10)7-4-15-13(19)11-8-17-12(14)9-16-11/h8-10H,2-7H2,1H3,(H,15,19). The molecule has 1 aliphatic heterocycles. The molecule has 1 aromatic heterocycles. The fraction of sp³-hybridized carbons (Fsp3) is 0.615. The molecule has 1 saturated heterocycles. The SMILES string of the molecule is CC1CCN(CCNC(=O)c2cnc(Cl)cn2)CC1. The number of hydrogen-bond acceptors (Lipinski definition) is 4. The van der Waals surface area contributed by atoms with E-state index in [-0.39, 0.29) is 5.91 Å². The van der Waals surface area contributed by atoms with Gasteiger partial charge in [0, 0.05) is 13.1 Å². The first-order chi connectivity index (χ1) is 9.15. The maximum absolute atomic E-state index is 11.8. The van der Waals surface area contributed by atoms with Crippen molar-refractivity contribution < 1.29 is 4.79 Å². The van der Waals surface area contributed by atoms with Crippen LogP contribution >= 0.6 is 11.6 Å². The molecule has 0 spiro atoms. The van der Waals surface area contributed by atoms with E-state index in [0.29, 0.717) is 17.4 Å². The van der Waals surface area contributed by atoms with E-state index in [1.54, 1.807) is 0 Å². The first kappa shape index (κ1) is 14.2. The van der Waals surface area contributed by atoms with Gasteiger partial charge in [-0.15, -0.1) is 0 Å². The molecule has 6 heteroatoms. The van der Waals surface area contributed by atoms with Crippen LogP contribution in [0.1, 0.15) is 30.3 Å². The van der Waals surface area contributed by atoms with Crippen LogP contribution in [0.15, 0.2) is 12.4 Å². The van der Waals surface area contributed by atoms with E-state index in [9.17, 15) is 4.79 Å². The Morgan fingerprint density at radius 1 is 1.42 bits per heavy atom.